The maximum Gasteiger partial charge on any atom is 0.341 e. The zero-order valence-electron chi connectivity index (χ0n) is 20.0. The van der Waals surface area contributed by atoms with Gasteiger partial charge in [0.05, 0.1) is 39.3 Å². The van der Waals surface area contributed by atoms with Gasteiger partial charge in [0.2, 0.25) is 0 Å². The van der Waals surface area contributed by atoms with Gasteiger partial charge in [0.1, 0.15) is 11.5 Å². The Bertz CT molecular complexity index is 1380. The Morgan fingerprint density at radius 1 is 0.889 bits per heavy atom. The Morgan fingerprint density at radius 3 is 2.36 bits per heavy atom. The maximum absolute atomic E-state index is 11.1. The van der Waals surface area contributed by atoms with Crippen LogP contribution in [0.5, 0.6) is 23.0 Å². The third-order valence-electron chi connectivity index (χ3n) is 5.54. The molecule has 4 aromatic rings. The molecule has 4 rings (SSSR count). The summed E-state index contributed by atoms with van der Waals surface area (Å²) in [5, 5.41) is 14.0. The molecular weight excluding hydrogens is 528 g/mol. The number of hydrogen-bond acceptors (Lipinski definition) is 6. The lowest BCUT2D eigenvalue weighted by Crippen LogP contribution is -2.10. The van der Waals surface area contributed by atoms with Crippen molar-refractivity contribution in [3.8, 4) is 45.5 Å². The maximum atomic E-state index is 11.1. The number of aromatic nitrogens is 2. The fourth-order valence-electron chi connectivity index (χ4n) is 3.94. The van der Waals surface area contributed by atoms with Gasteiger partial charge in [-0.25, -0.2) is 4.79 Å². The SMILES string of the molecule is COc1ccccc1Cn1nc(-c2cc(Br)ccc2OCC(=O)O)cc1-c1cccc(OC)c1OC. The van der Waals surface area contributed by atoms with Crippen LogP contribution >= 0.6 is 15.9 Å². The lowest BCUT2D eigenvalue weighted by atomic mass is 10.1. The van der Waals surface area contributed by atoms with Crippen LogP contribution in [0.25, 0.3) is 22.5 Å². The normalized spacial score (nSPS) is 10.7. The zero-order chi connectivity index (χ0) is 25.7. The van der Waals surface area contributed by atoms with Crippen LogP contribution in [0.2, 0.25) is 0 Å². The standard InChI is InChI=1S/C27H25BrN2O6/c1-33-23-9-5-4-7-17(23)15-30-22(19-8-6-10-25(34-2)27(19)35-3)14-21(29-30)20-13-18(28)11-12-24(20)36-16-26(31)32/h4-14H,15-16H2,1-3H3,(H,31,32). The van der Waals surface area contributed by atoms with Crippen molar-refractivity contribution in [3.05, 3.63) is 76.8 Å². The van der Waals surface area contributed by atoms with Crippen molar-refractivity contribution in [2.24, 2.45) is 0 Å². The van der Waals surface area contributed by atoms with Gasteiger partial charge in [-0.2, -0.15) is 5.10 Å². The van der Waals surface area contributed by atoms with Crippen molar-refractivity contribution in [2.75, 3.05) is 27.9 Å². The molecule has 1 heterocycles. The molecular formula is C27H25BrN2O6. The number of rotatable bonds is 10. The first-order valence-electron chi connectivity index (χ1n) is 11.0. The average Bonchev–Trinajstić information content (AvgIpc) is 3.30. The van der Waals surface area contributed by atoms with E-state index < -0.39 is 12.6 Å². The van der Waals surface area contributed by atoms with Gasteiger partial charge >= 0.3 is 5.97 Å². The molecule has 0 aliphatic heterocycles. The lowest BCUT2D eigenvalue weighted by Gasteiger charge is -2.15. The minimum absolute atomic E-state index is 0.409. The lowest BCUT2D eigenvalue weighted by molar-refractivity contribution is -0.139. The molecule has 0 amide bonds. The molecule has 0 fully saturated rings. The highest BCUT2D eigenvalue weighted by Gasteiger charge is 2.21. The topological polar surface area (TPSA) is 92.0 Å². The van der Waals surface area contributed by atoms with Crippen molar-refractivity contribution in [1.29, 1.82) is 0 Å². The van der Waals surface area contributed by atoms with Crippen LogP contribution < -0.4 is 18.9 Å². The van der Waals surface area contributed by atoms with E-state index in [1.165, 1.54) is 0 Å². The van der Waals surface area contributed by atoms with Gasteiger partial charge in [-0.05, 0) is 42.5 Å². The van der Waals surface area contributed by atoms with Gasteiger partial charge in [-0.3, -0.25) is 4.68 Å². The first-order chi connectivity index (χ1) is 17.4. The molecule has 36 heavy (non-hydrogen) atoms. The summed E-state index contributed by atoms with van der Waals surface area (Å²) in [6.07, 6.45) is 0. The minimum Gasteiger partial charge on any atom is -0.496 e. The van der Waals surface area contributed by atoms with E-state index in [2.05, 4.69) is 15.9 Å². The van der Waals surface area contributed by atoms with Gasteiger partial charge in [-0.1, -0.05) is 40.2 Å². The minimum atomic E-state index is -1.06. The van der Waals surface area contributed by atoms with Gasteiger partial charge in [0.25, 0.3) is 0 Å². The van der Waals surface area contributed by atoms with Crippen molar-refractivity contribution in [2.45, 2.75) is 6.54 Å². The number of aliphatic carboxylic acids is 1. The highest BCUT2D eigenvalue weighted by Crippen LogP contribution is 2.41. The Balaban J connectivity index is 1.90. The Kier molecular flexibility index (Phi) is 7.80. The Labute approximate surface area is 217 Å². The molecule has 0 aliphatic carbocycles. The van der Waals surface area contributed by atoms with Gasteiger partial charge in [-0.15, -0.1) is 0 Å². The third kappa shape index (κ3) is 5.31. The summed E-state index contributed by atoms with van der Waals surface area (Å²) >= 11 is 3.50. The summed E-state index contributed by atoms with van der Waals surface area (Å²) in [6, 6.07) is 20.7. The predicted molar refractivity (Wildman–Crippen MR) is 139 cm³/mol. The van der Waals surface area contributed by atoms with Gasteiger partial charge in [0, 0.05) is 21.2 Å². The molecule has 0 saturated carbocycles. The van der Waals surface area contributed by atoms with Crippen molar-refractivity contribution >= 4 is 21.9 Å². The largest absolute Gasteiger partial charge is 0.496 e. The second-order valence-corrected chi connectivity index (χ2v) is 8.66. The summed E-state index contributed by atoms with van der Waals surface area (Å²) in [4.78, 5) is 11.1. The summed E-state index contributed by atoms with van der Waals surface area (Å²) < 4.78 is 25.0. The van der Waals surface area contributed by atoms with Gasteiger partial charge < -0.3 is 24.1 Å². The summed E-state index contributed by atoms with van der Waals surface area (Å²) in [5.74, 6) is 1.25. The molecule has 1 aromatic heterocycles. The summed E-state index contributed by atoms with van der Waals surface area (Å²) in [6.45, 7) is -0.0495. The van der Waals surface area contributed by atoms with Crippen molar-refractivity contribution in [3.63, 3.8) is 0 Å². The molecule has 8 nitrogen and oxygen atoms in total. The number of carboxylic acids is 1. The van der Waals surface area contributed by atoms with Crippen molar-refractivity contribution in [1.82, 2.24) is 9.78 Å². The van der Waals surface area contributed by atoms with Crippen LogP contribution in [0, 0.1) is 0 Å². The van der Waals surface area contributed by atoms with E-state index >= 15 is 0 Å². The van der Waals surface area contributed by atoms with Gasteiger partial charge in [0.15, 0.2) is 18.1 Å². The number of ether oxygens (including phenoxy) is 4. The number of halogens is 1. The van der Waals surface area contributed by atoms with Crippen LogP contribution in [-0.2, 0) is 11.3 Å². The number of carboxylic acid groups (broad SMARTS) is 1. The van der Waals surface area contributed by atoms with Crippen molar-refractivity contribution < 1.29 is 28.8 Å². The van der Waals surface area contributed by atoms with E-state index in [0.29, 0.717) is 35.1 Å². The number of carbonyl (C=O) groups is 1. The van der Waals surface area contributed by atoms with Crippen LogP contribution in [0.15, 0.2) is 71.2 Å². The quantitative estimate of drug-likeness (QED) is 0.277. The molecule has 0 aliphatic rings. The van der Waals surface area contributed by atoms with E-state index in [1.54, 1.807) is 33.5 Å². The first-order valence-corrected chi connectivity index (χ1v) is 11.8. The molecule has 186 valence electrons. The van der Waals surface area contributed by atoms with Crippen LogP contribution in [0.3, 0.4) is 0 Å². The second kappa shape index (κ2) is 11.2. The molecule has 3 aromatic carbocycles. The summed E-state index contributed by atoms with van der Waals surface area (Å²) in [7, 11) is 4.81. The van der Waals surface area contributed by atoms with Crippen LogP contribution in [-0.4, -0.2) is 48.8 Å². The first kappa shape index (κ1) is 25.1. The van der Waals surface area contributed by atoms with E-state index in [4.69, 9.17) is 29.2 Å². The molecule has 0 bridgehead atoms. The number of nitrogens with zero attached hydrogens (tertiary/aromatic N) is 2. The zero-order valence-corrected chi connectivity index (χ0v) is 21.6. The molecule has 0 atom stereocenters. The number of hydrogen-bond donors (Lipinski definition) is 1. The second-order valence-electron chi connectivity index (χ2n) is 7.75. The number of benzene rings is 3. The fraction of sp³-hybridized carbons (Fsp3) is 0.185. The van der Waals surface area contributed by atoms with E-state index in [-0.39, 0.29) is 0 Å². The molecule has 0 spiro atoms. The summed E-state index contributed by atoms with van der Waals surface area (Å²) in [5.41, 5.74) is 3.75. The highest BCUT2D eigenvalue weighted by molar-refractivity contribution is 9.10. The average molecular weight is 553 g/mol. The number of para-hydroxylation sites is 2. The molecule has 0 unspecified atom stereocenters. The van der Waals surface area contributed by atoms with E-state index in [9.17, 15) is 4.79 Å². The monoisotopic (exact) mass is 552 g/mol. The van der Waals surface area contributed by atoms with E-state index in [1.807, 2.05) is 59.3 Å². The predicted octanol–water partition coefficient (Wildman–Crippen LogP) is 5.52. The molecule has 9 heteroatoms. The van der Waals surface area contributed by atoms with E-state index in [0.717, 1.165) is 27.0 Å². The molecule has 0 radical (unpaired) electrons. The Morgan fingerprint density at radius 2 is 1.64 bits per heavy atom. The molecule has 1 N–H and O–H groups in total. The fourth-order valence-corrected chi connectivity index (χ4v) is 4.30. The third-order valence-corrected chi connectivity index (χ3v) is 6.03. The number of methoxy groups -OCH3 is 3. The van der Waals surface area contributed by atoms with Crippen LogP contribution in [0.1, 0.15) is 5.56 Å². The van der Waals surface area contributed by atoms with Crippen LogP contribution in [0.4, 0.5) is 0 Å². The molecule has 0 saturated heterocycles. The smallest absolute Gasteiger partial charge is 0.341 e. The Hall–Kier alpha value is -3.98. The highest BCUT2D eigenvalue weighted by atomic mass is 79.9.